The maximum Gasteiger partial charge on any atom is 0.337 e. The van der Waals surface area contributed by atoms with E-state index >= 15 is 0 Å². The Labute approximate surface area is 171 Å². The Hall–Kier alpha value is -3.69. The highest BCUT2D eigenvalue weighted by atomic mass is 19.1. The van der Waals surface area contributed by atoms with E-state index in [2.05, 4.69) is 20.3 Å². The number of carbonyl (C=O) groups is 2. The van der Waals surface area contributed by atoms with Crippen LogP contribution in [-0.4, -0.2) is 59.9 Å². The first-order valence-corrected chi connectivity index (χ1v) is 9.49. The molecule has 1 aliphatic heterocycles. The van der Waals surface area contributed by atoms with Crippen molar-refractivity contribution in [3.8, 4) is 5.69 Å². The molecule has 1 aliphatic rings. The first-order chi connectivity index (χ1) is 14.5. The molecular weight excluding hydrogens is 391 g/mol. The van der Waals surface area contributed by atoms with E-state index in [1.165, 1.54) is 35.4 Å². The monoisotopic (exact) mass is 410 g/mol. The standard InChI is InChI=1S/C20H19FN6O3/c21-16-6-14(8-22-10-16)19(28)26-3-1-13(2-4-26)5-17-12-27(25-24-17)18-7-15(20(29)30)9-23-11-18/h6-13H,1-5H2,(H,29,30). The molecule has 1 fully saturated rings. The highest BCUT2D eigenvalue weighted by molar-refractivity contribution is 5.94. The molecule has 154 valence electrons. The average molecular weight is 410 g/mol. The van der Waals surface area contributed by atoms with E-state index in [9.17, 15) is 14.0 Å². The highest BCUT2D eigenvalue weighted by Gasteiger charge is 2.25. The minimum Gasteiger partial charge on any atom is -0.478 e. The zero-order valence-electron chi connectivity index (χ0n) is 16.0. The second-order valence-corrected chi connectivity index (χ2v) is 7.22. The predicted octanol–water partition coefficient (Wildman–Crippen LogP) is 1.99. The van der Waals surface area contributed by atoms with Crippen LogP contribution >= 0.6 is 0 Å². The third kappa shape index (κ3) is 4.32. The normalized spacial score (nSPS) is 14.6. The van der Waals surface area contributed by atoms with Crippen molar-refractivity contribution in [3.05, 3.63) is 65.8 Å². The smallest absolute Gasteiger partial charge is 0.337 e. The van der Waals surface area contributed by atoms with Crippen molar-refractivity contribution in [3.63, 3.8) is 0 Å². The van der Waals surface area contributed by atoms with E-state index in [0.717, 1.165) is 24.7 Å². The van der Waals surface area contributed by atoms with Gasteiger partial charge in [0.15, 0.2) is 0 Å². The van der Waals surface area contributed by atoms with Crippen molar-refractivity contribution in [2.45, 2.75) is 19.3 Å². The highest BCUT2D eigenvalue weighted by Crippen LogP contribution is 2.22. The number of aromatic nitrogens is 5. The van der Waals surface area contributed by atoms with Crippen LogP contribution in [0.2, 0.25) is 0 Å². The Balaban J connectivity index is 1.35. The van der Waals surface area contributed by atoms with Gasteiger partial charge in [0.25, 0.3) is 5.91 Å². The van der Waals surface area contributed by atoms with E-state index in [1.807, 2.05) is 0 Å². The molecule has 30 heavy (non-hydrogen) atoms. The number of hydrogen-bond acceptors (Lipinski definition) is 6. The molecule has 4 rings (SSSR count). The van der Waals surface area contributed by atoms with E-state index < -0.39 is 11.8 Å². The van der Waals surface area contributed by atoms with Crippen LogP contribution in [0.25, 0.3) is 5.69 Å². The SMILES string of the molecule is O=C(O)c1cncc(-n2cc(CC3CCN(C(=O)c4cncc(F)c4)CC3)nn2)c1. The lowest BCUT2D eigenvalue weighted by Crippen LogP contribution is -2.39. The van der Waals surface area contributed by atoms with Gasteiger partial charge < -0.3 is 10.0 Å². The Kier molecular flexibility index (Phi) is 5.46. The molecule has 10 heteroatoms. The van der Waals surface area contributed by atoms with Gasteiger partial charge in [-0.1, -0.05) is 5.21 Å². The number of pyridine rings is 2. The Bertz CT molecular complexity index is 1080. The van der Waals surface area contributed by atoms with Crippen LogP contribution in [0.5, 0.6) is 0 Å². The van der Waals surface area contributed by atoms with Gasteiger partial charge in [0, 0.05) is 25.5 Å². The van der Waals surface area contributed by atoms with Gasteiger partial charge in [0.1, 0.15) is 5.82 Å². The summed E-state index contributed by atoms with van der Waals surface area (Å²) in [4.78, 5) is 33.0. The Morgan fingerprint density at radius 2 is 1.80 bits per heavy atom. The van der Waals surface area contributed by atoms with Crippen LogP contribution < -0.4 is 0 Å². The molecule has 3 aromatic rings. The number of carboxylic acids is 1. The number of piperidine rings is 1. The lowest BCUT2D eigenvalue weighted by atomic mass is 9.92. The minimum absolute atomic E-state index is 0.0788. The van der Waals surface area contributed by atoms with Crippen molar-refractivity contribution >= 4 is 11.9 Å². The summed E-state index contributed by atoms with van der Waals surface area (Å²) in [6.07, 6.45) is 9.33. The molecule has 1 amide bonds. The van der Waals surface area contributed by atoms with Crippen molar-refractivity contribution in [2.24, 2.45) is 5.92 Å². The molecule has 9 nitrogen and oxygen atoms in total. The van der Waals surface area contributed by atoms with Crippen LogP contribution in [0.4, 0.5) is 4.39 Å². The molecule has 0 radical (unpaired) electrons. The zero-order chi connectivity index (χ0) is 21.1. The maximum atomic E-state index is 13.3. The van der Waals surface area contributed by atoms with Crippen LogP contribution in [0.1, 0.15) is 39.3 Å². The van der Waals surface area contributed by atoms with Gasteiger partial charge in [-0.15, -0.1) is 5.10 Å². The fourth-order valence-corrected chi connectivity index (χ4v) is 3.54. The first-order valence-electron chi connectivity index (χ1n) is 9.49. The van der Waals surface area contributed by atoms with Gasteiger partial charge in [-0.2, -0.15) is 0 Å². The van der Waals surface area contributed by atoms with Gasteiger partial charge in [0.2, 0.25) is 0 Å². The number of hydrogen-bond donors (Lipinski definition) is 1. The number of aromatic carboxylic acids is 1. The molecular formula is C20H19FN6O3. The zero-order valence-corrected chi connectivity index (χ0v) is 16.0. The van der Waals surface area contributed by atoms with E-state index in [4.69, 9.17) is 5.11 Å². The van der Waals surface area contributed by atoms with Crippen molar-refractivity contribution in [2.75, 3.05) is 13.1 Å². The van der Waals surface area contributed by atoms with Gasteiger partial charge in [-0.25, -0.2) is 13.9 Å². The van der Waals surface area contributed by atoms with Crippen LogP contribution in [0.15, 0.2) is 43.1 Å². The third-order valence-corrected chi connectivity index (χ3v) is 5.13. The molecule has 3 aromatic heterocycles. The predicted molar refractivity (Wildman–Crippen MR) is 103 cm³/mol. The number of halogens is 1. The number of likely N-dealkylation sites (tertiary alicyclic amines) is 1. The van der Waals surface area contributed by atoms with Crippen LogP contribution in [0, 0.1) is 11.7 Å². The number of carboxylic acid groups (broad SMARTS) is 1. The lowest BCUT2D eigenvalue weighted by molar-refractivity contribution is 0.0683. The van der Waals surface area contributed by atoms with E-state index in [-0.39, 0.29) is 17.0 Å². The lowest BCUT2D eigenvalue weighted by Gasteiger charge is -2.31. The number of amides is 1. The number of carbonyl (C=O) groups excluding carboxylic acids is 1. The van der Waals surface area contributed by atoms with Gasteiger partial charge in [-0.3, -0.25) is 14.8 Å². The molecule has 0 atom stereocenters. The summed E-state index contributed by atoms with van der Waals surface area (Å²) in [6.45, 7) is 1.16. The third-order valence-electron chi connectivity index (χ3n) is 5.13. The number of rotatable bonds is 5. The first kappa shape index (κ1) is 19.6. The fourth-order valence-electron chi connectivity index (χ4n) is 3.54. The van der Waals surface area contributed by atoms with Gasteiger partial charge in [-0.05, 0) is 37.3 Å². The fraction of sp³-hybridized carbons (Fsp3) is 0.300. The molecule has 0 unspecified atom stereocenters. The summed E-state index contributed by atoms with van der Waals surface area (Å²) in [5.74, 6) is -1.45. The summed E-state index contributed by atoms with van der Waals surface area (Å²) in [5.41, 5.74) is 1.65. The van der Waals surface area contributed by atoms with Crippen molar-refractivity contribution < 1.29 is 19.1 Å². The molecule has 0 saturated carbocycles. The topological polar surface area (TPSA) is 114 Å². The second-order valence-electron chi connectivity index (χ2n) is 7.22. The molecule has 1 saturated heterocycles. The summed E-state index contributed by atoms with van der Waals surface area (Å²) in [6, 6.07) is 2.69. The maximum absolute atomic E-state index is 13.3. The van der Waals surface area contributed by atoms with E-state index in [1.54, 1.807) is 11.1 Å². The van der Waals surface area contributed by atoms with Crippen LogP contribution in [0.3, 0.4) is 0 Å². The molecule has 0 aromatic carbocycles. The largest absolute Gasteiger partial charge is 0.478 e. The molecule has 0 spiro atoms. The molecule has 0 bridgehead atoms. The molecule has 0 aliphatic carbocycles. The summed E-state index contributed by atoms with van der Waals surface area (Å²) >= 11 is 0. The molecule has 1 N–H and O–H groups in total. The summed E-state index contributed by atoms with van der Waals surface area (Å²) < 4.78 is 14.8. The van der Waals surface area contributed by atoms with Gasteiger partial charge >= 0.3 is 5.97 Å². The van der Waals surface area contributed by atoms with Crippen LogP contribution in [-0.2, 0) is 6.42 Å². The van der Waals surface area contributed by atoms with Crippen molar-refractivity contribution in [1.29, 1.82) is 0 Å². The quantitative estimate of drug-likeness (QED) is 0.684. The second kappa shape index (κ2) is 8.36. The van der Waals surface area contributed by atoms with E-state index in [0.29, 0.717) is 31.1 Å². The summed E-state index contributed by atoms with van der Waals surface area (Å²) in [5, 5.41) is 17.3. The molecule has 4 heterocycles. The Morgan fingerprint density at radius 1 is 1.07 bits per heavy atom. The van der Waals surface area contributed by atoms with Gasteiger partial charge in [0.05, 0.1) is 41.1 Å². The average Bonchev–Trinajstić information content (AvgIpc) is 3.22. The minimum atomic E-state index is -1.06. The van der Waals surface area contributed by atoms with Crippen molar-refractivity contribution in [1.82, 2.24) is 29.9 Å². The Morgan fingerprint density at radius 3 is 2.53 bits per heavy atom. The number of nitrogens with zero attached hydrogens (tertiary/aromatic N) is 6. The summed E-state index contributed by atoms with van der Waals surface area (Å²) in [7, 11) is 0.